The summed E-state index contributed by atoms with van der Waals surface area (Å²) in [5, 5.41) is 0. The Balaban J connectivity index is 2.09. The topological polar surface area (TPSA) is 16.4 Å². The molecule has 1 aromatic heterocycles. The first-order chi connectivity index (χ1) is 7.74. The quantitative estimate of drug-likeness (QED) is 0.775. The predicted molar refractivity (Wildman–Crippen MR) is 66.6 cm³/mol. The molecule has 1 aliphatic rings. The lowest BCUT2D eigenvalue weighted by Crippen LogP contribution is -2.36. The van der Waals surface area contributed by atoms with Gasteiger partial charge in [0.2, 0.25) is 0 Å². The highest BCUT2D eigenvalue weighted by molar-refractivity contribution is 5.25. The molecule has 0 saturated carbocycles. The van der Waals surface area contributed by atoms with Crippen molar-refractivity contribution < 1.29 is 4.42 Å². The summed E-state index contributed by atoms with van der Waals surface area (Å²) in [6, 6.07) is 2.99. The molecule has 0 radical (unpaired) electrons. The van der Waals surface area contributed by atoms with Gasteiger partial charge in [-0.1, -0.05) is 20.3 Å². The van der Waals surface area contributed by atoms with Gasteiger partial charge in [-0.15, -0.1) is 0 Å². The molecule has 2 rings (SSSR count). The maximum Gasteiger partial charge on any atom is 0.121 e. The Labute approximate surface area is 98.6 Å². The number of nitrogens with zero attached hydrogens (tertiary/aromatic N) is 1. The van der Waals surface area contributed by atoms with E-state index in [1.807, 2.05) is 0 Å². The molecule has 1 aromatic rings. The molecule has 2 heterocycles. The molecule has 0 N–H and O–H groups in total. The van der Waals surface area contributed by atoms with Crippen LogP contribution >= 0.6 is 0 Å². The summed E-state index contributed by atoms with van der Waals surface area (Å²) in [5.74, 6) is 2.40. The van der Waals surface area contributed by atoms with Crippen molar-refractivity contribution in [1.29, 1.82) is 0 Å². The van der Waals surface area contributed by atoms with E-state index in [2.05, 4.69) is 31.9 Å². The van der Waals surface area contributed by atoms with Crippen molar-refractivity contribution in [3.63, 3.8) is 0 Å². The Morgan fingerprint density at radius 1 is 1.44 bits per heavy atom. The van der Waals surface area contributed by atoms with Gasteiger partial charge in [-0.2, -0.15) is 0 Å². The second kappa shape index (κ2) is 5.05. The fourth-order valence-corrected chi connectivity index (χ4v) is 2.53. The highest BCUT2D eigenvalue weighted by atomic mass is 16.3. The SMILES string of the molecule is CCCCc1cc2c(o1)CN(C)C(CC)C2. The highest BCUT2D eigenvalue weighted by Gasteiger charge is 2.25. The molecule has 2 nitrogen and oxygen atoms in total. The smallest absolute Gasteiger partial charge is 0.121 e. The fraction of sp³-hybridized carbons (Fsp3) is 0.714. The lowest BCUT2D eigenvalue weighted by atomic mass is 9.98. The Bertz CT molecular complexity index is 343. The Hall–Kier alpha value is -0.760. The van der Waals surface area contributed by atoms with E-state index in [1.54, 1.807) is 0 Å². The zero-order valence-electron chi connectivity index (χ0n) is 10.8. The van der Waals surface area contributed by atoms with E-state index in [4.69, 9.17) is 4.42 Å². The number of likely N-dealkylation sites (N-methyl/N-ethyl adjacent to an activating group) is 1. The number of hydrogen-bond acceptors (Lipinski definition) is 2. The van der Waals surface area contributed by atoms with Crippen molar-refractivity contribution in [2.24, 2.45) is 0 Å². The molecule has 2 heteroatoms. The predicted octanol–water partition coefficient (Wildman–Crippen LogP) is 3.39. The molecule has 90 valence electrons. The van der Waals surface area contributed by atoms with E-state index in [-0.39, 0.29) is 0 Å². The molecule has 0 aliphatic carbocycles. The number of furan rings is 1. The van der Waals surface area contributed by atoms with Crippen LogP contribution in [0.25, 0.3) is 0 Å². The van der Waals surface area contributed by atoms with Gasteiger partial charge in [0.1, 0.15) is 11.5 Å². The molecule has 0 spiro atoms. The number of fused-ring (bicyclic) bond motifs is 1. The molecule has 1 unspecified atom stereocenters. The summed E-state index contributed by atoms with van der Waals surface area (Å²) in [5.41, 5.74) is 1.45. The van der Waals surface area contributed by atoms with E-state index < -0.39 is 0 Å². The van der Waals surface area contributed by atoms with Crippen LogP contribution in [0.5, 0.6) is 0 Å². The summed E-state index contributed by atoms with van der Waals surface area (Å²) in [7, 11) is 2.20. The minimum Gasteiger partial charge on any atom is -0.464 e. The summed E-state index contributed by atoms with van der Waals surface area (Å²) in [4.78, 5) is 2.41. The average molecular weight is 221 g/mol. The summed E-state index contributed by atoms with van der Waals surface area (Å²) >= 11 is 0. The van der Waals surface area contributed by atoms with Crippen LogP contribution in [0.15, 0.2) is 10.5 Å². The van der Waals surface area contributed by atoms with E-state index in [1.165, 1.54) is 36.3 Å². The molecule has 16 heavy (non-hydrogen) atoms. The first kappa shape index (κ1) is 11.7. The van der Waals surface area contributed by atoms with Gasteiger partial charge in [0.15, 0.2) is 0 Å². The van der Waals surface area contributed by atoms with E-state index in [9.17, 15) is 0 Å². The molecule has 1 aliphatic heterocycles. The lowest BCUT2D eigenvalue weighted by molar-refractivity contribution is 0.189. The normalized spacial score (nSPS) is 21.1. The van der Waals surface area contributed by atoms with Crippen LogP contribution in [0.3, 0.4) is 0 Å². The third-order valence-corrected chi connectivity index (χ3v) is 3.67. The van der Waals surface area contributed by atoms with Gasteiger partial charge in [0.25, 0.3) is 0 Å². The molecular weight excluding hydrogens is 198 g/mol. The van der Waals surface area contributed by atoms with Gasteiger partial charge < -0.3 is 4.42 Å². The van der Waals surface area contributed by atoms with Crippen LogP contribution in [0.4, 0.5) is 0 Å². The molecule has 0 aromatic carbocycles. The molecule has 0 fully saturated rings. The van der Waals surface area contributed by atoms with Crippen molar-refractivity contribution in [3.05, 3.63) is 23.2 Å². The van der Waals surface area contributed by atoms with Gasteiger partial charge in [-0.25, -0.2) is 0 Å². The minimum absolute atomic E-state index is 0.698. The first-order valence-electron chi connectivity index (χ1n) is 6.55. The van der Waals surface area contributed by atoms with Crippen LogP contribution in [0.1, 0.15) is 50.2 Å². The second-order valence-electron chi connectivity index (χ2n) is 4.95. The molecule has 0 bridgehead atoms. The summed E-state index contributed by atoms with van der Waals surface area (Å²) < 4.78 is 5.93. The third-order valence-electron chi connectivity index (χ3n) is 3.67. The second-order valence-corrected chi connectivity index (χ2v) is 4.95. The number of hydrogen-bond donors (Lipinski definition) is 0. The Morgan fingerprint density at radius 2 is 2.25 bits per heavy atom. The summed E-state index contributed by atoms with van der Waals surface area (Å²) in [6.45, 7) is 5.48. The average Bonchev–Trinajstić information content (AvgIpc) is 2.66. The maximum atomic E-state index is 5.93. The zero-order valence-corrected chi connectivity index (χ0v) is 10.8. The van der Waals surface area contributed by atoms with Gasteiger partial charge in [-0.3, -0.25) is 4.90 Å². The number of rotatable bonds is 4. The van der Waals surface area contributed by atoms with Crippen molar-refractivity contribution >= 4 is 0 Å². The minimum atomic E-state index is 0.698. The fourth-order valence-electron chi connectivity index (χ4n) is 2.53. The van der Waals surface area contributed by atoms with Crippen molar-refractivity contribution in [3.8, 4) is 0 Å². The summed E-state index contributed by atoms with van der Waals surface area (Å²) in [6.07, 6.45) is 5.97. The largest absolute Gasteiger partial charge is 0.464 e. The van der Waals surface area contributed by atoms with Gasteiger partial charge in [-0.05, 0) is 37.9 Å². The van der Waals surface area contributed by atoms with Crippen LogP contribution < -0.4 is 0 Å². The van der Waals surface area contributed by atoms with Gasteiger partial charge >= 0.3 is 0 Å². The monoisotopic (exact) mass is 221 g/mol. The van der Waals surface area contributed by atoms with E-state index in [0.717, 1.165) is 19.4 Å². The first-order valence-corrected chi connectivity index (χ1v) is 6.55. The Morgan fingerprint density at radius 3 is 2.94 bits per heavy atom. The lowest BCUT2D eigenvalue weighted by Gasteiger charge is -2.30. The zero-order chi connectivity index (χ0) is 11.5. The molecule has 0 saturated heterocycles. The van der Waals surface area contributed by atoms with Crippen molar-refractivity contribution in [2.45, 2.75) is 58.5 Å². The van der Waals surface area contributed by atoms with Gasteiger partial charge in [0, 0.05) is 12.5 Å². The number of unbranched alkanes of at least 4 members (excludes halogenated alkanes) is 1. The van der Waals surface area contributed by atoms with Crippen molar-refractivity contribution in [1.82, 2.24) is 4.90 Å². The van der Waals surface area contributed by atoms with Crippen LogP contribution in [-0.2, 0) is 19.4 Å². The molecule has 1 atom stereocenters. The van der Waals surface area contributed by atoms with E-state index >= 15 is 0 Å². The number of aryl methyl sites for hydroxylation is 1. The molecule has 0 amide bonds. The van der Waals surface area contributed by atoms with Crippen molar-refractivity contribution in [2.75, 3.05) is 7.05 Å². The standard InChI is InChI=1S/C14H23NO/c1-4-6-7-13-9-11-8-12(5-2)15(3)10-14(11)16-13/h9,12H,4-8,10H2,1-3H3. The van der Waals surface area contributed by atoms with Crippen LogP contribution in [-0.4, -0.2) is 18.0 Å². The van der Waals surface area contributed by atoms with Gasteiger partial charge in [0.05, 0.1) is 6.54 Å². The highest BCUT2D eigenvalue weighted by Crippen LogP contribution is 2.27. The van der Waals surface area contributed by atoms with E-state index in [0.29, 0.717) is 6.04 Å². The van der Waals surface area contributed by atoms with Crippen LogP contribution in [0.2, 0.25) is 0 Å². The molecular formula is C14H23NO. The Kier molecular flexibility index (Phi) is 3.70. The maximum absolute atomic E-state index is 5.93. The van der Waals surface area contributed by atoms with Crippen LogP contribution in [0, 0.1) is 0 Å². The third kappa shape index (κ3) is 2.32.